The van der Waals surface area contributed by atoms with E-state index in [0.29, 0.717) is 5.02 Å². The maximum atomic E-state index is 9.37. The first-order chi connectivity index (χ1) is 8.17. The molecule has 0 radical (unpaired) electrons. The normalized spacial score (nSPS) is 14.4. The number of aliphatic hydroxyl groups is 1. The Labute approximate surface area is 108 Å². The van der Waals surface area contributed by atoms with Gasteiger partial charge in [0.05, 0.1) is 7.11 Å². The summed E-state index contributed by atoms with van der Waals surface area (Å²) in [5.41, 5.74) is 0.996. The Hall–Kier alpha value is -0.770. The van der Waals surface area contributed by atoms with Crippen LogP contribution >= 0.6 is 11.6 Å². The van der Waals surface area contributed by atoms with Crippen molar-refractivity contribution >= 4 is 11.6 Å². The van der Waals surface area contributed by atoms with Gasteiger partial charge >= 0.3 is 0 Å². The van der Waals surface area contributed by atoms with Crippen LogP contribution in [0.2, 0.25) is 5.02 Å². The number of nitrogens with one attached hydrogen (secondary N) is 1. The molecule has 1 rings (SSSR count). The number of hydrogen-bond donors (Lipinski definition) is 2. The molecule has 4 heteroatoms. The summed E-state index contributed by atoms with van der Waals surface area (Å²) < 4.78 is 5.12. The number of rotatable bonds is 6. The van der Waals surface area contributed by atoms with Gasteiger partial charge in [-0.1, -0.05) is 24.6 Å². The first-order valence-electron chi connectivity index (χ1n) is 5.79. The Balaban J connectivity index is 3.03. The molecule has 1 aromatic rings. The maximum Gasteiger partial charge on any atom is 0.120 e. The summed E-state index contributed by atoms with van der Waals surface area (Å²) in [5.74, 6) is 0.900. The SMILES string of the molecule is CCC(CO)C(NC)c1ccc(OC)cc1Cl. The van der Waals surface area contributed by atoms with Crippen LogP contribution in [0.3, 0.4) is 0 Å². The highest BCUT2D eigenvalue weighted by atomic mass is 35.5. The summed E-state index contributed by atoms with van der Waals surface area (Å²) in [6.45, 7) is 2.20. The third-order valence-electron chi connectivity index (χ3n) is 3.08. The van der Waals surface area contributed by atoms with E-state index in [0.717, 1.165) is 17.7 Å². The third-order valence-corrected chi connectivity index (χ3v) is 3.41. The van der Waals surface area contributed by atoms with E-state index < -0.39 is 0 Å². The third kappa shape index (κ3) is 3.35. The molecule has 0 spiro atoms. The fourth-order valence-electron chi connectivity index (χ4n) is 2.00. The Bertz CT molecular complexity index is 353. The zero-order valence-electron chi connectivity index (χ0n) is 10.5. The second-order valence-corrected chi connectivity index (χ2v) is 4.41. The number of benzene rings is 1. The maximum absolute atomic E-state index is 9.37. The lowest BCUT2D eigenvalue weighted by Gasteiger charge is -2.25. The van der Waals surface area contributed by atoms with Crippen LogP contribution in [0.4, 0.5) is 0 Å². The van der Waals surface area contributed by atoms with Gasteiger partial charge in [-0.15, -0.1) is 0 Å². The zero-order chi connectivity index (χ0) is 12.8. The summed E-state index contributed by atoms with van der Waals surface area (Å²) in [6.07, 6.45) is 0.893. The second kappa shape index (κ2) is 6.84. The molecule has 3 nitrogen and oxygen atoms in total. The van der Waals surface area contributed by atoms with Gasteiger partial charge < -0.3 is 15.2 Å². The van der Waals surface area contributed by atoms with Gasteiger partial charge in [0.25, 0.3) is 0 Å². The molecule has 0 bridgehead atoms. The highest BCUT2D eigenvalue weighted by molar-refractivity contribution is 6.31. The topological polar surface area (TPSA) is 41.5 Å². The van der Waals surface area contributed by atoms with Crippen LogP contribution in [0, 0.1) is 5.92 Å². The van der Waals surface area contributed by atoms with Gasteiger partial charge in [-0.3, -0.25) is 0 Å². The zero-order valence-corrected chi connectivity index (χ0v) is 11.3. The van der Waals surface area contributed by atoms with Crippen LogP contribution < -0.4 is 10.1 Å². The van der Waals surface area contributed by atoms with Gasteiger partial charge in [-0.2, -0.15) is 0 Å². The fraction of sp³-hybridized carbons (Fsp3) is 0.538. The molecule has 0 aliphatic carbocycles. The van der Waals surface area contributed by atoms with Crippen LogP contribution in [0.5, 0.6) is 5.75 Å². The van der Waals surface area contributed by atoms with Crippen molar-refractivity contribution in [1.82, 2.24) is 5.32 Å². The minimum absolute atomic E-state index is 0.0587. The van der Waals surface area contributed by atoms with Gasteiger partial charge in [0.15, 0.2) is 0 Å². The van der Waals surface area contributed by atoms with Crippen molar-refractivity contribution in [2.24, 2.45) is 5.92 Å². The largest absolute Gasteiger partial charge is 0.497 e. The van der Waals surface area contributed by atoms with E-state index in [2.05, 4.69) is 12.2 Å². The molecule has 96 valence electrons. The molecule has 1 aromatic carbocycles. The molecule has 17 heavy (non-hydrogen) atoms. The van der Waals surface area contributed by atoms with E-state index in [1.165, 1.54) is 0 Å². The molecule has 2 unspecified atom stereocenters. The van der Waals surface area contributed by atoms with E-state index in [-0.39, 0.29) is 18.6 Å². The first-order valence-corrected chi connectivity index (χ1v) is 6.17. The van der Waals surface area contributed by atoms with Gasteiger partial charge in [-0.05, 0) is 31.2 Å². The summed E-state index contributed by atoms with van der Waals surface area (Å²) in [7, 11) is 3.49. The van der Waals surface area contributed by atoms with Crippen molar-refractivity contribution in [3.05, 3.63) is 28.8 Å². The van der Waals surface area contributed by atoms with Crippen molar-refractivity contribution in [3.8, 4) is 5.75 Å². The number of methoxy groups -OCH3 is 1. The average Bonchev–Trinajstić information content (AvgIpc) is 2.36. The molecule has 0 aromatic heterocycles. The molecular weight excluding hydrogens is 238 g/mol. The van der Waals surface area contributed by atoms with Crippen LogP contribution in [-0.2, 0) is 0 Å². The van der Waals surface area contributed by atoms with Gasteiger partial charge in [0, 0.05) is 23.6 Å². The summed E-state index contributed by atoms with van der Waals surface area (Å²) in [5, 5.41) is 13.2. The molecule has 2 N–H and O–H groups in total. The second-order valence-electron chi connectivity index (χ2n) is 4.00. The lowest BCUT2D eigenvalue weighted by Crippen LogP contribution is -2.27. The minimum Gasteiger partial charge on any atom is -0.497 e. The summed E-state index contributed by atoms with van der Waals surface area (Å²) in [6, 6.07) is 5.69. The highest BCUT2D eigenvalue weighted by Crippen LogP contribution is 2.32. The van der Waals surface area contributed by atoms with Crippen molar-refractivity contribution in [1.29, 1.82) is 0 Å². The van der Waals surface area contributed by atoms with Crippen molar-refractivity contribution < 1.29 is 9.84 Å². The predicted octanol–water partition coefficient (Wildman–Crippen LogP) is 2.63. The van der Waals surface area contributed by atoms with Crippen LogP contribution in [0.15, 0.2) is 18.2 Å². The van der Waals surface area contributed by atoms with E-state index in [1.807, 2.05) is 19.2 Å². The minimum atomic E-state index is 0.0587. The predicted molar refractivity (Wildman–Crippen MR) is 70.7 cm³/mol. The summed E-state index contributed by atoms with van der Waals surface area (Å²) >= 11 is 6.24. The van der Waals surface area contributed by atoms with Crippen LogP contribution in [-0.4, -0.2) is 25.9 Å². The Kier molecular flexibility index (Phi) is 5.75. The Morgan fingerprint density at radius 2 is 2.18 bits per heavy atom. The summed E-state index contributed by atoms with van der Waals surface area (Å²) in [4.78, 5) is 0. The molecule has 0 aliphatic rings. The van der Waals surface area contributed by atoms with Crippen molar-refractivity contribution in [3.63, 3.8) is 0 Å². The molecule has 0 amide bonds. The molecule has 0 saturated heterocycles. The van der Waals surface area contributed by atoms with Gasteiger partial charge in [0.1, 0.15) is 5.75 Å². The smallest absolute Gasteiger partial charge is 0.120 e. The highest BCUT2D eigenvalue weighted by Gasteiger charge is 2.21. The molecule has 0 saturated carbocycles. The fourth-order valence-corrected chi connectivity index (χ4v) is 2.29. The lowest BCUT2D eigenvalue weighted by molar-refractivity contribution is 0.189. The molecule has 0 heterocycles. The standard InChI is InChI=1S/C13H20ClNO2/c1-4-9(8-16)13(15-2)11-6-5-10(17-3)7-12(11)14/h5-7,9,13,15-16H,4,8H2,1-3H3. The van der Waals surface area contributed by atoms with Crippen molar-refractivity contribution in [2.45, 2.75) is 19.4 Å². The average molecular weight is 258 g/mol. The van der Waals surface area contributed by atoms with E-state index in [1.54, 1.807) is 13.2 Å². The van der Waals surface area contributed by atoms with Gasteiger partial charge in [0.2, 0.25) is 0 Å². The van der Waals surface area contributed by atoms with Crippen molar-refractivity contribution in [2.75, 3.05) is 20.8 Å². The number of hydrogen-bond acceptors (Lipinski definition) is 3. The van der Waals surface area contributed by atoms with Gasteiger partial charge in [-0.25, -0.2) is 0 Å². The monoisotopic (exact) mass is 257 g/mol. The quantitative estimate of drug-likeness (QED) is 0.823. The van der Waals surface area contributed by atoms with E-state index >= 15 is 0 Å². The molecule has 0 fully saturated rings. The number of halogens is 1. The Morgan fingerprint density at radius 3 is 2.59 bits per heavy atom. The number of aliphatic hydroxyl groups excluding tert-OH is 1. The molecule has 2 atom stereocenters. The van der Waals surface area contributed by atoms with E-state index in [4.69, 9.17) is 16.3 Å². The van der Waals surface area contributed by atoms with E-state index in [9.17, 15) is 5.11 Å². The first kappa shape index (κ1) is 14.3. The Morgan fingerprint density at radius 1 is 1.47 bits per heavy atom. The number of ether oxygens (including phenoxy) is 1. The van der Waals surface area contributed by atoms with Crippen LogP contribution in [0.25, 0.3) is 0 Å². The van der Waals surface area contributed by atoms with Crippen LogP contribution in [0.1, 0.15) is 24.9 Å². The molecule has 0 aliphatic heterocycles. The lowest BCUT2D eigenvalue weighted by atomic mass is 9.91. The molecular formula is C13H20ClNO2.